The first-order valence-electron chi connectivity index (χ1n) is 12.5. The lowest BCUT2D eigenvalue weighted by atomic mass is 9.79. The molecule has 1 saturated heterocycles. The van der Waals surface area contributed by atoms with Crippen LogP contribution >= 0.6 is 0 Å². The molecular formula is C28H38N4O. The molecule has 1 unspecified atom stereocenters. The van der Waals surface area contributed by atoms with Crippen molar-refractivity contribution < 1.29 is 4.79 Å². The Balaban J connectivity index is 1.14. The lowest BCUT2D eigenvalue weighted by molar-refractivity contribution is -0.127. The zero-order chi connectivity index (χ0) is 22.9. The van der Waals surface area contributed by atoms with Crippen molar-refractivity contribution >= 4 is 11.9 Å². The van der Waals surface area contributed by atoms with Crippen LogP contribution in [-0.2, 0) is 11.2 Å². The Labute approximate surface area is 198 Å². The maximum atomic E-state index is 12.4. The second-order valence-corrected chi connectivity index (χ2v) is 9.61. The van der Waals surface area contributed by atoms with Gasteiger partial charge in [0.25, 0.3) is 0 Å². The van der Waals surface area contributed by atoms with E-state index in [0.29, 0.717) is 24.2 Å². The van der Waals surface area contributed by atoms with Crippen molar-refractivity contribution in [1.82, 2.24) is 15.5 Å². The molecule has 1 aliphatic carbocycles. The number of benzene rings is 2. The number of likely N-dealkylation sites (tertiary alicyclic amines) is 1. The Morgan fingerprint density at radius 1 is 0.909 bits per heavy atom. The molecule has 1 amide bonds. The first-order chi connectivity index (χ1) is 16.2. The van der Waals surface area contributed by atoms with Crippen LogP contribution in [0.3, 0.4) is 0 Å². The fourth-order valence-corrected chi connectivity index (χ4v) is 5.24. The van der Waals surface area contributed by atoms with Crippen LogP contribution in [0.1, 0.15) is 49.1 Å². The molecule has 1 heterocycles. The van der Waals surface area contributed by atoms with Gasteiger partial charge in [0.05, 0.1) is 0 Å². The largest absolute Gasteiger partial charge is 0.356 e. The second-order valence-electron chi connectivity index (χ2n) is 9.61. The summed E-state index contributed by atoms with van der Waals surface area (Å²) < 4.78 is 0. The third-order valence-corrected chi connectivity index (χ3v) is 7.27. The molecule has 2 aromatic rings. The molecule has 2 aromatic carbocycles. The molecule has 33 heavy (non-hydrogen) atoms. The summed E-state index contributed by atoms with van der Waals surface area (Å²) in [6.45, 7) is 3.39. The summed E-state index contributed by atoms with van der Waals surface area (Å²) >= 11 is 0. The zero-order valence-corrected chi connectivity index (χ0v) is 19.9. The van der Waals surface area contributed by atoms with Crippen LogP contribution in [0.2, 0.25) is 0 Å². The average Bonchev–Trinajstić information content (AvgIpc) is 3.23. The van der Waals surface area contributed by atoms with Gasteiger partial charge in [0.1, 0.15) is 0 Å². The molecule has 2 N–H and O–H groups in total. The van der Waals surface area contributed by atoms with Gasteiger partial charge in [-0.05, 0) is 55.1 Å². The van der Waals surface area contributed by atoms with Gasteiger partial charge in [-0.25, -0.2) is 0 Å². The van der Waals surface area contributed by atoms with E-state index in [4.69, 9.17) is 0 Å². The van der Waals surface area contributed by atoms with Crippen molar-refractivity contribution in [3.63, 3.8) is 0 Å². The van der Waals surface area contributed by atoms with E-state index in [0.717, 1.165) is 38.6 Å². The highest BCUT2D eigenvalue weighted by atomic mass is 16.2. The van der Waals surface area contributed by atoms with Crippen LogP contribution in [0.25, 0.3) is 0 Å². The average molecular weight is 447 g/mol. The minimum absolute atomic E-state index is 0.274. The number of nitrogens with zero attached hydrogens (tertiary/aromatic N) is 2. The lowest BCUT2D eigenvalue weighted by Crippen LogP contribution is -2.42. The molecule has 4 rings (SSSR count). The monoisotopic (exact) mass is 446 g/mol. The van der Waals surface area contributed by atoms with Crippen molar-refractivity contribution in [3.05, 3.63) is 71.8 Å². The molecular weight excluding hydrogens is 408 g/mol. The van der Waals surface area contributed by atoms with Gasteiger partial charge in [-0.3, -0.25) is 9.79 Å². The van der Waals surface area contributed by atoms with E-state index in [2.05, 4.69) is 70.2 Å². The molecule has 1 saturated carbocycles. The molecule has 0 bridgehead atoms. The summed E-state index contributed by atoms with van der Waals surface area (Å²) in [5.41, 5.74) is 2.78. The summed E-state index contributed by atoms with van der Waals surface area (Å²) in [5.74, 6) is 2.88. The van der Waals surface area contributed by atoms with Crippen LogP contribution in [0.5, 0.6) is 0 Å². The quantitative estimate of drug-likeness (QED) is 0.472. The number of carbonyl (C=O) groups excluding carboxylic acids is 1. The molecule has 2 aliphatic rings. The van der Waals surface area contributed by atoms with Crippen LogP contribution in [0.4, 0.5) is 0 Å². The molecule has 0 spiro atoms. The number of carbonyl (C=O) groups is 1. The zero-order valence-electron chi connectivity index (χ0n) is 19.9. The second kappa shape index (κ2) is 11.9. The van der Waals surface area contributed by atoms with E-state index in [1.54, 1.807) is 0 Å². The van der Waals surface area contributed by atoms with Crippen molar-refractivity contribution in [2.75, 3.05) is 33.2 Å². The highest BCUT2D eigenvalue weighted by Gasteiger charge is 2.29. The Morgan fingerprint density at radius 3 is 2.21 bits per heavy atom. The molecule has 0 aromatic heterocycles. The molecule has 1 atom stereocenters. The normalized spacial score (nSPS) is 23.5. The van der Waals surface area contributed by atoms with Crippen molar-refractivity contribution in [2.24, 2.45) is 16.8 Å². The van der Waals surface area contributed by atoms with Gasteiger partial charge >= 0.3 is 0 Å². The van der Waals surface area contributed by atoms with Crippen LogP contribution < -0.4 is 10.6 Å². The van der Waals surface area contributed by atoms with Gasteiger partial charge in [-0.2, -0.15) is 0 Å². The predicted octanol–water partition coefficient (Wildman–Crippen LogP) is 4.22. The number of aliphatic imine (C=N–C) groups is 1. The lowest BCUT2D eigenvalue weighted by Gasteiger charge is -2.29. The SMILES string of the molecule is CN=C(NCC1CCC(c2ccccc2)CC1)NCC1CC(=O)N(CCc2ccccc2)C1. The fourth-order valence-electron chi connectivity index (χ4n) is 5.24. The Morgan fingerprint density at radius 2 is 1.55 bits per heavy atom. The number of guanidine groups is 1. The summed E-state index contributed by atoms with van der Waals surface area (Å²) in [6, 6.07) is 21.3. The summed E-state index contributed by atoms with van der Waals surface area (Å²) in [6.07, 6.45) is 6.61. The Kier molecular flexibility index (Phi) is 8.40. The van der Waals surface area contributed by atoms with E-state index in [1.165, 1.54) is 36.8 Å². The number of rotatable bonds is 8. The van der Waals surface area contributed by atoms with Crippen LogP contribution in [0.15, 0.2) is 65.7 Å². The van der Waals surface area contributed by atoms with Gasteiger partial charge in [-0.1, -0.05) is 60.7 Å². The minimum Gasteiger partial charge on any atom is -0.356 e. The summed E-state index contributed by atoms with van der Waals surface area (Å²) in [7, 11) is 1.83. The molecule has 5 heteroatoms. The molecule has 0 radical (unpaired) electrons. The minimum atomic E-state index is 0.274. The van der Waals surface area contributed by atoms with Gasteiger partial charge in [0, 0.05) is 45.6 Å². The number of nitrogens with one attached hydrogen (secondary N) is 2. The summed E-state index contributed by atoms with van der Waals surface area (Å²) in [5, 5.41) is 6.99. The third-order valence-electron chi connectivity index (χ3n) is 7.27. The first-order valence-corrected chi connectivity index (χ1v) is 12.5. The number of hydrogen-bond donors (Lipinski definition) is 2. The molecule has 5 nitrogen and oxygen atoms in total. The maximum absolute atomic E-state index is 12.4. The van der Waals surface area contributed by atoms with Gasteiger partial charge in [0.15, 0.2) is 5.96 Å². The van der Waals surface area contributed by atoms with Crippen molar-refractivity contribution in [3.8, 4) is 0 Å². The molecule has 176 valence electrons. The highest BCUT2D eigenvalue weighted by Crippen LogP contribution is 2.35. The molecule has 1 aliphatic heterocycles. The fraction of sp³-hybridized carbons (Fsp3) is 0.500. The van der Waals surface area contributed by atoms with E-state index in [9.17, 15) is 4.79 Å². The van der Waals surface area contributed by atoms with Crippen LogP contribution in [-0.4, -0.2) is 50.0 Å². The third kappa shape index (κ3) is 6.83. The highest BCUT2D eigenvalue weighted by molar-refractivity contribution is 5.80. The topological polar surface area (TPSA) is 56.7 Å². The van der Waals surface area contributed by atoms with Crippen molar-refractivity contribution in [2.45, 2.75) is 44.4 Å². The predicted molar refractivity (Wildman–Crippen MR) is 135 cm³/mol. The number of amides is 1. The van der Waals surface area contributed by atoms with E-state index in [-0.39, 0.29) is 5.91 Å². The van der Waals surface area contributed by atoms with Crippen molar-refractivity contribution in [1.29, 1.82) is 0 Å². The Bertz CT molecular complexity index is 891. The van der Waals surface area contributed by atoms with E-state index < -0.39 is 0 Å². The standard InChI is InChI=1S/C28H38N4O/c1-29-28(30-19-23-12-14-26(15-13-23)25-10-6-3-7-11-25)31-20-24-18-27(33)32(21-24)17-16-22-8-4-2-5-9-22/h2-11,23-24,26H,12-21H2,1H3,(H2,29,30,31). The maximum Gasteiger partial charge on any atom is 0.223 e. The summed E-state index contributed by atoms with van der Waals surface area (Å²) in [4.78, 5) is 18.9. The van der Waals surface area contributed by atoms with Gasteiger partial charge < -0.3 is 15.5 Å². The van der Waals surface area contributed by atoms with E-state index in [1.807, 2.05) is 18.0 Å². The number of hydrogen-bond acceptors (Lipinski definition) is 2. The smallest absolute Gasteiger partial charge is 0.223 e. The van der Waals surface area contributed by atoms with E-state index >= 15 is 0 Å². The molecule has 2 fully saturated rings. The van der Waals surface area contributed by atoms with Gasteiger partial charge in [-0.15, -0.1) is 0 Å². The first kappa shape index (κ1) is 23.3. The van der Waals surface area contributed by atoms with Gasteiger partial charge in [0.2, 0.25) is 5.91 Å². The van der Waals surface area contributed by atoms with Crippen LogP contribution in [0, 0.1) is 11.8 Å². The Hall–Kier alpha value is -2.82.